The molecule has 2 aromatic carbocycles. The highest BCUT2D eigenvalue weighted by molar-refractivity contribution is 6.33. The Morgan fingerprint density at radius 1 is 1.07 bits per heavy atom. The highest BCUT2D eigenvalue weighted by atomic mass is 35.5. The molecule has 0 aliphatic carbocycles. The zero-order chi connectivity index (χ0) is 20.5. The molecule has 2 fully saturated rings. The van der Waals surface area contributed by atoms with Crippen molar-refractivity contribution < 1.29 is 4.79 Å². The maximum atomic E-state index is 12.8. The number of imidazole rings is 1. The fourth-order valence-corrected chi connectivity index (χ4v) is 4.65. The molecule has 0 spiro atoms. The fourth-order valence-electron chi connectivity index (χ4n) is 4.44. The van der Waals surface area contributed by atoms with Crippen LogP contribution in [0.25, 0.3) is 22.4 Å². The summed E-state index contributed by atoms with van der Waals surface area (Å²) < 4.78 is 0. The van der Waals surface area contributed by atoms with Gasteiger partial charge in [0.15, 0.2) is 0 Å². The lowest BCUT2D eigenvalue weighted by Crippen LogP contribution is -2.55. The van der Waals surface area contributed by atoms with Crippen LogP contribution in [-0.2, 0) is 4.79 Å². The van der Waals surface area contributed by atoms with Crippen LogP contribution in [0.3, 0.4) is 0 Å². The molecule has 30 heavy (non-hydrogen) atoms. The Morgan fingerprint density at radius 2 is 1.90 bits per heavy atom. The summed E-state index contributed by atoms with van der Waals surface area (Å²) in [5, 5.41) is 4.05. The van der Waals surface area contributed by atoms with Gasteiger partial charge in [0.25, 0.3) is 0 Å². The number of para-hydroxylation sites is 2. The number of nitrogens with one attached hydrogen (secondary N) is 2. The zero-order valence-electron chi connectivity index (χ0n) is 16.9. The van der Waals surface area contributed by atoms with Crippen LogP contribution in [0.1, 0.15) is 19.3 Å². The van der Waals surface area contributed by atoms with E-state index < -0.39 is 0 Å². The van der Waals surface area contributed by atoms with Crippen molar-refractivity contribution >= 4 is 34.2 Å². The lowest BCUT2D eigenvalue weighted by atomic mass is 10.0. The number of amides is 1. The molecule has 3 aromatic rings. The minimum Gasteiger partial charge on any atom is -0.368 e. The van der Waals surface area contributed by atoms with E-state index in [0.29, 0.717) is 5.02 Å². The maximum Gasteiger partial charge on any atom is 0.239 e. The lowest BCUT2D eigenvalue weighted by molar-refractivity contribution is -0.134. The Kier molecular flexibility index (Phi) is 5.35. The summed E-state index contributed by atoms with van der Waals surface area (Å²) in [6.07, 6.45) is 3.26. The average Bonchev–Trinajstić information content (AvgIpc) is 3.24. The van der Waals surface area contributed by atoms with E-state index in [2.05, 4.69) is 27.3 Å². The number of piperazine rings is 1. The molecule has 0 saturated carbocycles. The Balaban J connectivity index is 1.31. The number of hydrogen-bond donors (Lipinski definition) is 2. The van der Waals surface area contributed by atoms with Crippen LogP contribution >= 0.6 is 11.6 Å². The van der Waals surface area contributed by atoms with Crippen LogP contribution in [0.5, 0.6) is 0 Å². The van der Waals surface area contributed by atoms with E-state index in [1.165, 1.54) is 6.42 Å². The van der Waals surface area contributed by atoms with E-state index in [1.807, 2.05) is 35.2 Å². The molecule has 1 aromatic heterocycles. The Labute approximate surface area is 181 Å². The number of H-pyrrole nitrogens is 1. The highest BCUT2D eigenvalue weighted by Gasteiger charge is 2.28. The number of aromatic amines is 1. The number of aromatic nitrogens is 2. The third-order valence-corrected chi connectivity index (χ3v) is 6.49. The summed E-state index contributed by atoms with van der Waals surface area (Å²) in [5.41, 5.74) is 3.93. The van der Waals surface area contributed by atoms with Crippen molar-refractivity contribution in [2.24, 2.45) is 0 Å². The molecule has 0 radical (unpaired) electrons. The molecule has 5 rings (SSSR count). The molecular formula is C23H26ClN5O. The van der Waals surface area contributed by atoms with Gasteiger partial charge < -0.3 is 20.1 Å². The molecule has 0 bridgehead atoms. The van der Waals surface area contributed by atoms with Crippen LogP contribution in [0.4, 0.5) is 5.69 Å². The van der Waals surface area contributed by atoms with Gasteiger partial charge in [0.2, 0.25) is 5.91 Å². The van der Waals surface area contributed by atoms with Gasteiger partial charge in [-0.2, -0.15) is 0 Å². The van der Waals surface area contributed by atoms with E-state index in [-0.39, 0.29) is 11.9 Å². The summed E-state index contributed by atoms with van der Waals surface area (Å²) in [7, 11) is 0. The predicted octanol–water partition coefficient (Wildman–Crippen LogP) is 3.67. The van der Waals surface area contributed by atoms with Gasteiger partial charge in [0.1, 0.15) is 5.82 Å². The molecule has 2 N–H and O–H groups in total. The first-order valence-electron chi connectivity index (χ1n) is 10.7. The largest absolute Gasteiger partial charge is 0.368 e. The highest BCUT2D eigenvalue weighted by Crippen LogP contribution is 2.32. The smallest absolute Gasteiger partial charge is 0.239 e. The molecule has 7 heteroatoms. The van der Waals surface area contributed by atoms with Gasteiger partial charge in [0, 0.05) is 37.4 Å². The predicted molar refractivity (Wildman–Crippen MR) is 121 cm³/mol. The van der Waals surface area contributed by atoms with Crippen LogP contribution in [0, 0.1) is 0 Å². The second-order valence-corrected chi connectivity index (χ2v) is 8.49. The number of anilines is 1. The monoisotopic (exact) mass is 423 g/mol. The van der Waals surface area contributed by atoms with Gasteiger partial charge in [-0.1, -0.05) is 30.2 Å². The Morgan fingerprint density at radius 3 is 2.67 bits per heavy atom. The number of piperidine rings is 1. The molecule has 1 amide bonds. The first-order valence-corrected chi connectivity index (χ1v) is 11.1. The van der Waals surface area contributed by atoms with Crippen molar-refractivity contribution in [1.82, 2.24) is 20.2 Å². The first-order chi connectivity index (χ1) is 14.7. The number of rotatable bonds is 3. The summed E-state index contributed by atoms with van der Waals surface area (Å²) in [5.74, 6) is 1.04. The minimum atomic E-state index is 0.000481. The molecule has 2 aliphatic rings. The van der Waals surface area contributed by atoms with Crippen molar-refractivity contribution in [3.8, 4) is 11.4 Å². The van der Waals surface area contributed by atoms with E-state index >= 15 is 0 Å². The maximum absolute atomic E-state index is 12.8. The van der Waals surface area contributed by atoms with Gasteiger partial charge in [-0.15, -0.1) is 0 Å². The molecule has 6 nitrogen and oxygen atoms in total. The van der Waals surface area contributed by atoms with Crippen molar-refractivity contribution in [1.29, 1.82) is 0 Å². The normalized spacial score (nSPS) is 20.0. The molecular weight excluding hydrogens is 398 g/mol. The van der Waals surface area contributed by atoms with E-state index in [0.717, 1.165) is 73.7 Å². The number of halogens is 1. The fraction of sp³-hybridized carbons (Fsp3) is 0.391. The van der Waals surface area contributed by atoms with Crippen LogP contribution < -0.4 is 10.2 Å². The molecule has 3 heterocycles. The topological polar surface area (TPSA) is 64.3 Å². The number of fused-ring (bicyclic) bond motifs is 1. The summed E-state index contributed by atoms with van der Waals surface area (Å²) in [6, 6.07) is 14.1. The quantitative estimate of drug-likeness (QED) is 0.674. The number of carbonyl (C=O) groups is 1. The first kappa shape index (κ1) is 19.4. The second-order valence-electron chi connectivity index (χ2n) is 8.08. The van der Waals surface area contributed by atoms with Crippen molar-refractivity contribution in [2.75, 3.05) is 37.6 Å². The summed E-state index contributed by atoms with van der Waals surface area (Å²) >= 11 is 6.51. The Hall–Kier alpha value is -2.57. The minimum absolute atomic E-state index is 0.000481. The number of nitrogens with zero attached hydrogens (tertiary/aromatic N) is 3. The summed E-state index contributed by atoms with van der Waals surface area (Å²) in [6.45, 7) is 4.09. The third kappa shape index (κ3) is 3.77. The van der Waals surface area contributed by atoms with Crippen molar-refractivity contribution in [3.63, 3.8) is 0 Å². The van der Waals surface area contributed by atoms with Crippen molar-refractivity contribution in [3.05, 3.63) is 47.5 Å². The van der Waals surface area contributed by atoms with E-state index in [1.54, 1.807) is 0 Å². The molecule has 2 saturated heterocycles. The lowest BCUT2D eigenvalue weighted by Gasteiger charge is -2.38. The van der Waals surface area contributed by atoms with E-state index in [9.17, 15) is 4.79 Å². The van der Waals surface area contributed by atoms with Gasteiger partial charge >= 0.3 is 0 Å². The zero-order valence-corrected chi connectivity index (χ0v) is 17.7. The van der Waals surface area contributed by atoms with Crippen molar-refractivity contribution in [2.45, 2.75) is 25.3 Å². The van der Waals surface area contributed by atoms with Gasteiger partial charge in [-0.05, 0) is 49.7 Å². The molecule has 0 unspecified atom stereocenters. The molecule has 2 aliphatic heterocycles. The average molecular weight is 424 g/mol. The van der Waals surface area contributed by atoms with E-state index in [4.69, 9.17) is 16.6 Å². The number of hydrogen-bond acceptors (Lipinski definition) is 4. The Bertz CT molecular complexity index is 1020. The molecule has 156 valence electrons. The van der Waals surface area contributed by atoms with Crippen LogP contribution in [-0.4, -0.2) is 59.5 Å². The standard InChI is InChI=1S/C23H26ClN5O/c24-18-9-8-16(15-17(18)22-26-19-5-1-2-6-20(19)27-22)28-11-13-29(14-12-28)23(30)21-7-3-4-10-25-21/h1-2,5-6,8-9,15,21,25H,3-4,7,10-14H2,(H,26,27)/t21-/m0/s1. The summed E-state index contributed by atoms with van der Waals surface area (Å²) in [4.78, 5) is 25.2. The van der Waals surface area contributed by atoms with Crippen LogP contribution in [0.2, 0.25) is 5.02 Å². The second kappa shape index (κ2) is 8.28. The van der Waals surface area contributed by atoms with Crippen LogP contribution in [0.15, 0.2) is 42.5 Å². The number of benzene rings is 2. The van der Waals surface area contributed by atoms with Gasteiger partial charge in [0.05, 0.1) is 22.1 Å². The number of carbonyl (C=O) groups excluding carboxylic acids is 1. The van der Waals surface area contributed by atoms with Gasteiger partial charge in [-0.3, -0.25) is 4.79 Å². The van der Waals surface area contributed by atoms with Gasteiger partial charge in [-0.25, -0.2) is 4.98 Å². The molecule has 1 atom stereocenters. The third-order valence-electron chi connectivity index (χ3n) is 6.16. The SMILES string of the molecule is O=C([C@@H]1CCCCN1)N1CCN(c2ccc(Cl)c(-c3nc4ccccc4[nH]3)c2)CC1.